The van der Waals surface area contributed by atoms with Crippen LogP contribution in [0.5, 0.6) is 0 Å². The molecule has 17 heavy (non-hydrogen) atoms. The predicted molar refractivity (Wildman–Crippen MR) is 66.5 cm³/mol. The molecule has 0 aromatic carbocycles. The smallest absolute Gasteiger partial charge is 0.220 e. The summed E-state index contributed by atoms with van der Waals surface area (Å²) in [5.41, 5.74) is 8.08. The molecule has 96 valence electrons. The van der Waals surface area contributed by atoms with Gasteiger partial charge in [-0.1, -0.05) is 11.5 Å². The summed E-state index contributed by atoms with van der Waals surface area (Å²) in [4.78, 5) is 14.3. The molecule has 0 aliphatic carbocycles. The number of carbonyl (C=O) groups excluding carboxylic acids is 1. The topological polar surface area (TPSA) is 89.9 Å². The van der Waals surface area contributed by atoms with E-state index in [9.17, 15) is 4.79 Å². The van der Waals surface area contributed by atoms with Gasteiger partial charge in [-0.3, -0.25) is 4.79 Å². The average molecular weight is 239 g/mol. The van der Waals surface area contributed by atoms with Crippen molar-refractivity contribution in [1.82, 2.24) is 10.6 Å². The minimum absolute atomic E-state index is 0.153. The number of unbranched alkanes of at least 4 members (excludes halogenated alkanes) is 2. The third-order valence-electron chi connectivity index (χ3n) is 2.93. The quantitative estimate of drug-likeness (QED) is 0.306. The Kier molecular flexibility index (Phi) is 7.18. The molecule has 0 aromatic heterocycles. The van der Waals surface area contributed by atoms with E-state index in [0.717, 1.165) is 45.2 Å². The Labute approximate surface area is 102 Å². The zero-order chi connectivity index (χ0) is 12.3. The zero-order valence-corrected chi connectivity index (χ0v) is 10.2. The summed E-state index contributed by atoms with van der Waals surface area (Å²) in [6.45, 7) is 2.53. The second-order valence-corrected chi connectivity index (χ2v) is 4.36. The Morgan fingerprint density at radius 1 is 1.35 bits per heavy atom. The highest BCUT2D eigenvalue weighted by Crippen LogP contribution is 2.04. The van der Waals surface area contributed by atoms with Crippen molar-refractivity contribution in [2.45, 2.75) is 44.6 Å². The van der Waals surface area contributed by atoms with Crippen molar-refractivity contribution in [1.29, 1.82) is 0 Å². The summed E-state index contributed by atoms with van der Waals surface area (Å²) in [5.74, 6) is 0.153. The van der Waals surface area contributed by atoms with E-state index < -0.39 is 0 Å². The molecule has 1 aliphatic heterocycles. The number of hydrogen-bond donors (Lipinski definition) is 2. The number of nitrogens with zero attached hydrogens (tertiary/aromatic N) is 3. The molecule has 0 aromatic rings. The van der Waals surface area contributed by atoms with Crippen LogP contribution in [0.1, 0.15) is 38.5 Å². The van der Waals surface area contributed by atoms with E-state index in [2.05, 4.69) is 20.7 Å². The zero-order valence-electron chi connectivity index (χ0n) is 10.2. The highest BCUT2D eigenvalue weighted by atomic mass is 16.1. The predicted octanol–water partition coefficient (Wildman–Crippen LogP) is 1.73. The summed E-state index contributed by atoms with van der Waals surface area (Å²) < 4.78 is 0. The molecule has 2 N–H and O–H groups in total. The first kappa shape index (κ1) is 13.8. The third kappa shape index (κ3) is 6.81. The molecule has 1 heterocycles. The lowest BCUT2D eigenvalue weighted by Crippen LogP contribution is -2.42. The number of hydrogen-bond acceptors (Lipinski definition) is 3. The first-order chi connectivity index (χ1) is 8.33. The molecule has 0 saturated carbocycles. The van der Waals surface area contributed by atoms with E-state index >= 15 is 0 Å². The Balaban J connectivity index is 1.98. The number of rotatable bonds is 7. The Morgan fingerprint density at radius 2 is 2.12 bits per heavy atom. The normalized spacial score (nSPS) is 16.2. The van der Waals surface area contributed by atoms with E-state index in [1.54, 1.807) is 0 Å². The van der Waals surface area contributed by atoms with Crippen LogP contribution in [0.4, 0.5) is 0 Å². The second-order valence-electron chi connectivity index (χ2n) is 4.36. The van der Waals surface area contributed by atoms with Gasteiger partial charge in [0.05, 0.1) is 0 Å². The van der Waals surface area contributed by atoms with Gasteiger partial charge in [-0.25, -0.2) is 0 Å². The fourth-order valence-electron chi connectivity index (χ4n) is 1.96. The van der Waals surface area contributed by atoms with Crippen molar-refractivity contribution in [2.24, 2.45) is 5.11 Å². The summed E-state index contributed by atoms with van der Waals surface area (Å²) in [6.07, 6.45) is 5.33. The van der Waals surface area contributed by atoms with Crippen LogP contribution in [0.25, 0.3) is 10.4 Å². The fraction of sp³-hybridized carbons (Fsp3) is 0.909. The number of azide groups is 1. The standard InChI is InChI=1S/C11H21N5O/c12-16-14-7-3-1-2-4-11(17)15-10-5-8-13-9-6-10/h10,13H,1-9H2,(H,15,17). The molecular weight excluding hydrogens is 218 g/mol. The van der Waals surface area contributed by atoms with Crippen molar-refractivity contribution in [2.75, 3.05) is 19.6 Å². The summed E-state index contributed by atoms with van der Waals surface area (Å²) >= 11 is 0. The average Bonchev–Trinajstić information content (AvgIpc) is 2.35. The van der Waals surface area contributed by atoms with Crippen LogP contribution >= 0.6 is 0 Å². The van der Waals surface area contributed by atoms with Gasteiger partial charge in [-0.05, 0) is 44.3 Å². The largest absolute Gasteiger partial charge is 0.353 e. The van der Waals surface area contributed by atoms with Crippen LogP contribution in [0, 0.1) is 0 Å². The van der Waals surface area contributed by atoms with Crippen molar-refractivity contribution in [3.8, 4) is 0 Å². The van der Waals surface area contributed by atoms with Gasteiger partial charge in [0.1, 0.15) is 0 Å². The minimum Gasteiger partial charge on any atom is -0.353 e. The highest BCUT2D eigenvalue weighted by molar-refractivity contribution is 5.76. The van der Waals surface area contributed by atoms with Crippen LogP contribution in [-0.4, -0.2) is 31.6 Å². The highest BCUT2D eigenvalue weighted by Gasteiger charge is 2.14. The van der Waals surface area contributed by atoms with Crippen LogP contribution < -0.4 is 10.6 Å². The van der Waals surface area contributed by atoms with E-state index in [1.807, 2.05) is 0 Å². The maximum absolute atomic E-state index is 11.6. The van der Waals surface area contributed by atoms with Gasteiger partial charge in [0, 0.05) is 23.9 Å². The second kappa shape index (κ2) is 8.84. The van der Waals surface area contributed by atoms with Gasteiger partial charge < -0.3 is 10.6 Å². The summed E-state index contributed by atoms with van der Waals surface area (Å²) in [7, 11) is 0. The van der Waals surface area contributed by atoms with E-state index in [0.29, 0.717) is 19.0 Å². The molecule has 0 spiro atoms. The van der Waals surface area contributed by atoms with Crippen LogP contribution in [-0.2, 0) is 4.79 Å². The van der Waals surface area contributed by atoms with Crippen LogP contribution in [0.2, 0.25) is 0 Å². The maximum Gasteiger partial charge on any atom is 0.220 e. The van der Waals surface area contributed by atoms with Gasteiger partial charge in [-0.15, -0.1) is 0 Å². The maximum atomic E-state index is 11.6. The van der Waals surface area contributed by atoms with Gasteiger partial charge in [-0.2, -0.15) is 0 Å². The minimum atomic E-state index is 0.153. The molecule has 0 atom stereocenters. The fourth-order valence-corrected chi connectivity index (χ4v) is 1.96. The van der Waals surface area contributed by atoms with E-state index in [1.165, 1.54) is 0 Å². The molecule has 1 rings (SSSR count). The summed E-state index contributed by atoms with van der Waals surface area (Å²) in [6, 6.07) is 0.354. The Bertz CT molecular complexity index is 269. The van der Waals surface area contributed by atoms with Gasteiger partial charge >= 0.3 is 0 Å². The molecule has 0 unspecified atom stereocenters. The molecule has 1 fully saturated rings. The number of piperidine rings is 1. The molecular formula is C11H21N5O. The van der Waals surface area contributed by atoms with Gasteiger partial charge in [0.15, 0.2) is 0 Å². The number of carbonyl (C=O) groups is 1. The van der Waals surface area contributed by atoms with E-state index in [-0.39, 0.29) is 5.91 Å². The SMILES string of the molecule is [N-]=[N+]=NCCCCCC(=O)NC1CCNCC1. The first-order valence-electron chi connectivity index (χ1n) is 6.34. The van der Waals surface area contributed by atoms with Crippen molar-refractivity contribution >= 4 is 5.91 Å². The van der Waals surface area contributed by atoms with Crippen molar-refractivity contribution < 1.29 is 4.79 Å². The molecule has 0 bridgehead atoms. The monoisotopic (exact) mass is 239 g/mol. The van der Waals surface area contributed by atoms with E-state index in [4.69, 9.17) is 5.53 Å². The number of amides is 1. The Morgan fingerprint density at radius 3 is 2.82 bits per heavy atom. The molecule has 0 radical (unpaired) electrons. The van der Waals surface area contributed by atoms with Crippen LogP contribution in [0.3, 0.4) is 0 Å². The molecule has 1 amide bonds. The van der Waals surface area contributed by atoms with Gasteiger partial charge in [0.2, 0.25) is 5.91 Å². The third-order valence-corrected chi connectivity index (χ3v) is 2.93. The van der Waals surface area contributed by atoms with Crippen LogP contribution in [0.15, 0.2) is 5.11 Å². The molecule has 6 nitrogen and oxygen atoms in total. The van der Waals surface area contributed by atoms with Gasteiger partial charge in [0.25, 0.3) is 0 Å². The van der Waals surface area contributed by atoms with Crippen molar-refractivity contribution in [3.63, 3.8) is 0 Å². The lowest BCUT2D eigenvalue weighted by atomic mass is 10.1. The number of nitrogens with one attached hydrogen (secondary N) is 2. The Hall–Kier alpha value is -1.26. The lowest BCUT2D eigenvalue weighted by molar-refractivity contribution is -0.122. The molecule has 1 saturated heterocycles. The first-order valence-corrected chi connectivity index (χ1v) is 6.34. The molecule has 6 heteroatoms. The lowest BCUT2D eigenvalue weighted by Gasteiger charge is -2.23. The summed E-state index contributed by atoms with van der Waals surface area (Å²) in [5, 5.41) is 9.78. The van der Waals surface area contributed by atoms with Crippen molar-refractivity contribution in [3.05, 3.63) is 10.4 Å². The molecule has 1 aliphatic rings.